The van der Waals surface area contributed by atoms with Gasteiger partial charge in [0, 0.05) is 29.0 Å². The average molecular weight is 474 g/mol. The molecule has 2 rings (SSSR count). The largest absolute Gasteiger partial charge is 0.394 e. The fourth-order valence-corrected chi connectivity index (χ4v) is 3.06. The lowest BCUT2D eigenvalue weighted by Gasteiger charge is -2.14. The number of nitrogens with zero attached hydrogens (tertiary/aromatic N) is 2. The maximum Gasteiger partial charge on any atom is 0.269 e. The quantitative estimate of drug-likeness (QED) is 0.472. The molecular weight excluding hydrogens is 454 g/mol. The van der Waals surface area contributed by atoms with Gasteiger partial charge in [-0.05, 0) is 59.2 Å². The molecule has 0 aliphatic rings. The van der Waals surface area contributed by atoms with Crippen LogP contribution in [-0.2, 0) is 13.5 Å². The van der Waals surface area contributed by atoms with Crippen LogP contribution in [0.2, 0.25) is 0 Å². The molecule has 0 fully saturated rings. The Kier molecular flexibility index (Phi) is 7.01. The molecule has 0 saturated carbocycles. The van der Waals surface area contributed by atoms with Gasteiger partial charge in [-0.2, -0.15) is 5.10 Å². The molecule has 0 aliphatic carbocycles. The molecule has 0 bridgehead atoms. The van der Waals surface area contributed by atoms with E-state index in [1.807, 2.05) is 22.6 Å². The number of hydrogen-bond acceptors (Lipinski definition) is 5. The number of aryl methyl sites for hydroxylation is 1. The highest BCUT2D eigenvalue weighted by Gasteiger charge is 2.21. The molecule has 0 amide bonds. The summed E-state index contributed by atoms with van der Waals surface area (Å²) in [6.45, 7) is 1.15. The van der Waals surface area contributed by atoms with Crippen molar-refractivity contribution in [3.63, 3.8) is 0 Å². The van der Waals surface area contributed by atoms with Crippen molar-refractivity contribution in [2.24, 2.45) is 7.05 Å². The monoisotopic (exact) mass is 474 g/mol. The van der Waals surface area contributed by atoms with Crippen molar-refractivity contribution < 1.29 is 19.4 Å². The van der Waals surface area contributed by atoms with Crippen LogP contribution in [0.15, 0.2) is 23.0 Å². The average Bonchev–Trinajstić information content (AvgIpc) is 2.61. The molecule has 8 heteroatoms. The van der Waals surface area contributed by atoms with Crippen molar-refractivity contribution >= 4 is 28.4 Å². The number of halogens is 2. The normalized spacial score (nSPS) is 12.2. The number of ketones is 1. The molecule has 0 aliphatic heterocycles. The molecule has 26 heavy (non-hydrogen) atoms. The number of aliphatic hydroxyl groups excluding tert-OH is 2. The summed E-state index contributed by atoms with van der Waals surface area (Å²) < 4.78 is 16.1. The van der Waals surface area contributed by atoms with Crippen LogP contribution in [0.1, 0.15) is 40.0 Å². The highest BCUT2D eigenvalue weighted by atomic mass is 127. The Bertz CT molecular complexity index is 882. The zero-order chi connectivity index (χ0) is 19.4. The molecular formula is C18H20FIN2O4. The van der Waals surface area contributed by atoms with Gasteiger partial charge in [-0.25, -0.2) is 9.07 Å². The highest BCUT2D eigenvalue weighted by molar-refractivity contribution is 14.1. The van der Waals surface area contributed by atoms with Gasteiger partial charge >= 0.3 is 0 Å². The van der Waals surface area contributed by atoms with E-state index in [1.165, 1.54) is 13.1 Å². The summed E-state index contributed by atoms with van der Waals surface area (Å²) in [6, 6.07) is 4.76. The van der Waals surface area contributed by atoms with Gasteiger partial charge in [-0.15, -0.1) is 0 Å². The smallest absolute Gasteiger partial charge is 0.269 e. The van der Waals surface area contributed by atoms with Crippen LogP contribution >= 0.6 is 22.6 Å². The van der Waals surface area contributed by atoms with Crippen LogP contribution < -0.4 is 5.56 Å². The summed E-state index contributed by atoms with van der Waals surface area (Å²) in [7, 11) is 1.45. The summed E-state index contributed by atoms with van der Waals surface area (Å²) in [6.07, 6.45) is -0.879. The molecule has 1 aromatic heterocycles. The second-order valence-corrected chi connectivity index (χ2v) is 7.34. The molecule has 2 N–H and O–H groups in total. The summed E-state index contributed by atoms with van der Waals surface area (Å²) >= 11 is 2.00. The van der Waals surface area contributed by atoms with Crippen LogP contribution in [0.25, 0.3) is 0 Å². The van der Waals surface area contributed by atoms with Crippen LogP contribution in [0.4, 0.5) is 4.39 Å². The van der Waals surface area contributed by atoms with Gasteiger partial charge in [0.1, 0.15) is 11.5 Å². The van der Waals surface area contributed by atoms with Crippen molar-refractivity contribution in [1.82, 2.24) is 9.78 Å². The summed E-state index contributed by atoms with van der Waals surface area (Å²) in [5.41, 5.74) is 0.835. The third-order valence-electron chi connectivity index (χ3n) is 4.17. The Morgan fingerprint density at radius 1 is 1.42 bits per heavy atom. The number of benzene rings is 1. The van der Waals surface area contributed by atoms with E-state index in [1.54, 1.807) is 19.1 Å². The van der Waals surface area contributed by atoms with E-state index in [0.717, 1.165) is 8.25 Å². The number of carbonyl (C=O) groups is 1. The first kappa shape index (κ1) is 20.7. The van der Waals surface area contributed by atoms with E-state index in [9.17, 15) is 19.1 Å². The Labute approximate surface area is 163 Å². The topological polar surface area (TPSA) is 92.4 Å². The third kappa shape index (κ3) is 4.74. The van der Waals surface area contributed by atoms with Crippen molar-refractivity contribution in [1.29, 1.82) is 0 Å². The van der Waals surface area contributed by atoms with Gasteiger partial charge in [0.15, 0.2) is 5.78 Å². The van der Waals surface area contributed by atoms with E-state index in [2.05, 4.69) is 5.10 Å². The minimum atomic E-state index is -0.996. The zero-order valence-electron chi connectivity index (χ0n) is 14.5. The van der Waals surface area contributed by atoms with Crippen molar-refractivity contribution in [2.45, 2.75) is 32.3 Å². The molecule has 0 spiro atoms. The summed E-state index contributed by atoms with van der Waals surface area (Å²) in [5, 5.41) is 22.4. The summed E-state index contributed by atoms with van der Waals surface area (Å²) in [5.74, 6) is -0.775. The Morgan fingerprint density at radius 2 is 2.12 bits per heavy atom. The molecule has 0 radical (unpaired) electrons. The molecule has 6 nitrogen and oxygen atoms in total. The number of aromatic nitrogens is 2. The minimum Gasteiger partial charge on any atom is -0.394 e. The standard InChI is InChI=1S/C18H20FIN2O4/c1-10-14(7-11-3-4-12(20)8-15(11)19)17(21-22(2)18(10)26)16(25)6-5-13(24)9-23/h3-4,8,13,23-24H,5-7,9H2,1-2H3/t13-/m0/s1. The number of hydrogen-bond donors (Lipinski definition) is 2. The lowest BCUT2D eigenvalue weighted by molar-refractivity contribution is 0.0775. The second kappa shape index (κ2) is 8.83. The van der Waals surface area contributed by atoms with E-state index in [4.69, 9.17) is 5.11 Å². The second-order valence-electron chi connectivity index (χ2n) is 6.09. The molecule has 1 atom stereocenters. The van der Waals surface area contributed by atoms with Gasteiger partial charge in [0.2, 0.25) is 0 Å². The molecule has 1 heterocycles. The lowest BCUT2D eigenvalue weighted by atomic mass is 9.96. The maximum atomic E-state index is 14.2. The first-order valence-corrected chi connectivity index (χ1v) is 9.15. The predicted octanol–water partition coefficient (Wildman–Crippen LogP) is 1.74. The molecule has 1 aromatic carbocycles. The first-order chi connectivity index (χ1) is 12.2. The van der Waals surface area contributed by atoms with E-state index in [-0.39, 0.29) is 36.3 Å². The lowest BCUT2D eigenvalue weighted by Crippen LogP contribution is -2.28. The van der Waals surface area contributed by atoms with Gasteiger partial charge in [0.05, 0.1) is 12.7 Å². The predicted molar refractivity (Wildman–Crippen MR) is 103 cm³/mol. The Morgan fingerprint density at radius 3 is 2.73 bits per heavy atom. The van der Waals surface area contributed by atoms with Gasteiger partial charge in [0.25, 0.3) is 5.56 Å². The number of Topliss-reactive ketones (excluding diaryl/α,β-unsaturated/α-hetero) is 1. The Hall–Kier alpha value is -1.65. The fourth-order valence-electron chi connectivity index (χ4n) is 2.61. The van der Waals surface area contributed by atoms with Crippen LogP contribution in [-0.4, -0.2) is 38.5 Å². The zero-order valence-corrected chi connectivity index (χ0v) is 16.7. The van der Waals surface area contributed by atoms with Gasteiger partial charge in [-0.3, -0.25) is 9.59 Å². The van der Waals surface area contributed by atoms with Crippen molar-refractivity contribution in [2.75, 3.05) is 6.61 Å². The SMILES string of the molecule is Cc1c(Cc2ccc(I)cc2F)c(C(=O)CC[C@H](O)CO)nn(C)c1=O. The van der Waals surface area contributed by atoms with E-state index in [0.29, 0.717) is 16.7 Å². The maximum absolute atomic E-state index is 14.2. The summed E-state index contributed by atoms with van der Waals surface area (Å²) in [4.78, 5) is 24.8. The van der Waals surface area contributed by atoms with Crippen molar-refractivity contribution in [3.8, 4) is 0 Å². The van der Waals surface area contributed by atoms with Crippen LogP contribution in [0.5, 0.6) is 0 Å². The molecule has 140 valence electrons. The van der Waals surface area contributed by atoms with Crippen molar-refractivity contribution in [3.05, 3.63) is 60.3 Å². The van der Waals surface area contributed by atoms with E-state index >= 15 is 0 Å². The van der Waals surface area contributed by atoms with Gasteiger partial charge < -0.3 is 10.2 Å². The number of rotatable bonds is 7. The van der Waals surface area contributed by atoms with Crippen LogP contribution in [0, 0.1) is 16.3 Å². The molecule has 0 saturated heterocycles. The number of aliphatic hydroxyl groups is 2. The third-order valence-corrected chi connectivity index (χ3v) is 4.84. The highest BCUT2D eigenvalue weighted by Crippen LogP contribution is 2.20. The minimum absolute atomic E-state index is 0.0332. The van der Waals surface area contributed by atoms with Crippen LogP contribution in [0.3, 0.4) is 0 Å². The molecule has 0 unspecified atom stereocenters. The fraction of sp³-hybridized carbons (Fsp3) is 0.389. The van der Waals surface area contributed by atoms with Gasteiger partial charge in [-0.1, -0.05) is 6.07 Å². The molecule has 2 aromatic rings. The van der Waals surface area contributed by atoms with E-state index < -0.39 is 18.5 Å². The first-order valence-electron chi connectivity index (χ1n) is 8.07. The number of carbonyl (C=O) groups excluding carboxylic acids is 1. The Balaban J connectivity index is 2.44.